The molecule has 0 saturated carbocycles. The van der Waals surface area contributed by atoms with E-state index in [-0.39, 0.29) is 17.5 Å². The number of carbonyl (C=O) groups is 1. The third-order valence-corrected chi connectivity index (χ3v) is 7.15. The predicted molar refractivity (Wildman–Crippen MR) is 148 cm³/mol. The number of benzene rings is 3. The van der Waals surface area contributed by atoms with Gasteiger partial charge in [0.05, 0.1) is 29.7 Å². The van der Waals surface area contributed by atoms with Crippen LogP contribution in [0.2, 0.25) is 5.02 Å². The van der Waals surface area contributed by atoms with Gasteiger partial charge in [-0.05, 0) is 59.7 Å². The van der Waals surface area contributed by atoms with Gasteiger partial charge in [0.1, 0.15) is 0 Å². The van der Waals surface area contributed by atoms with Crippen LogP contribution in [0.15, 0.2) is 60.8 Å². The van der Waals surface area contributed by atoms with Crippen LogP contribution in [0.5, 0.6) is 0 Å². The van der Waals surface area contributed by atoms with Crippen molar-refractivity contribution in [3.8, 4) is 11.1 Å². The molecular formula is C30H31ClF3N3O2. The molecule has 0 aliphatic heterocycles. The van der Waals surface area contributed by atoms with E-state index in [2.05, 4.69) is 31.3 Å². The molecule has 1 aromatic heterocycles. The first-order chi connectivity index (χ1) is 18.5. The minimum absolute atomic E-state index is 0.0172. The molecule has 4 aromatic rings. The molecule has 1 heterocycles. The van der Waals surface area contributed by atoms with Crippen molar-refractivity contribution in [3.63, 3.8) is 0 Å². The zero-order valence-corrected chi connectivity index (χ0v) is 22.8. The Bertz CT molecular complexity index is 1460. The number of fused-ring (bicyclic) bond motifs is 1. The number of carboxylic acids is 1. The third kappa shape index (κ3) is 6.62. The van der Waals surface area contributed by atoms with Crippen molar-refractivity contribution in [2.75, 3.05) is 6.54 Å². The Balaban J connectivity index is 1.65. The van der Waals surface area contributed by atoms with E-state index >= 15 is 0 Å². The van der Waals surface area contributed by atoms with Crippen molar-refractivity contribution < 1.29 is 23.1 Å². The van der Waals surface area contributed by atoms with Gasteiger partial charge in [-0.25, -0.2) is 0 Å². The van der Waals surface area contributed by atoms with Crippen molar-refractivity contribution in [2.24, 2.45) is 5.92 Å². The number of aromatic nitrogens is 2. The highest BCUT2D eigenvalue weighted by molar-refractivity contribution is 6.33. The van der Waals surface area contributed by atoms with Crippen molar-refractivity contribution in [3.05, 3.63) is 88.1 Å². The van der Waals surface area contributed by atoms with E-state index < -0.39 is 17.7 Å². The average molecular weight is 558 g/mol. The molecule has 0 saturated heterocycles. The Morgan fingerprint density at radius 1 is 1.08 bits per heavy atom. The molecule has 9 heteroatoms. The Kier molecular flexibility index (Phi) is 8.67. The number of nitrogens with zero attached hydrogens (tertiary/aromatic N) is 2. The van der Waals surface area contributed by atoms with Crippen LogP contribution in [0, 0.1) is 12.8 Å². The summed E-state index contributed by atoms with van der Waals surface area (Å²) in [5.41, 5.74) is 4.53. The van der Waals surface area contributed by atoms with Gasteiger partial charge >= 0.3 is 12.1 Å². The van der Waals surface area contributed by atoms with E-state index in [0.29, 0.717) is 24.6 Å². The Hall–Kier alpha value is -3.36. The lowest BCUT2D eigenvalue weighted by Crippen LogP contribution is -2.18. The lowest BCUT2D eigenvalue weighted by atomic mass is 9.95. The summed E-state index contributed by atoms with van der Waals surface area (Å²) < 4.78 is 41.4. The number of aryl methyl sites for hydroxylation is 1. The second-order valence-corrected chi connectivity index (χ2v) is 10.6. The van der Waals surface area contributed by atoms with E-state index in [1.807, 2.05) is 35.9 Å². The molecule has 0 spiro atoms. The summed E-state index contributed by atoms with van der Waals surface area (Å²) in [4.78, 5) is 10.7. The summed E-state index contributed by atoms with van der Waals surface area (Å²) in [6, 6.07) is 15.5. The van der Waals surface area contributed by atoms with Gasteiger partial charge < -0.3 is 10.4 Å². The monoisotopic (exact) mass is 557 g/mol. The molecule has 0 radical (unpaired) electrons. The van der Waals surface area contributed by atoms with Gasteiger partial charge in [0, 0.05) is 29.1 Å². The highest BCUT2D eigenvalue weighted by Crippen LogP contribution is 2.39. The molecular weight excluding hydrogens is 527 g/mol. The molecule has 39 heavy (non-hydrogen) atoms. The SMILES string of the molecule is Cc1c(-c2ccc(C(F)(F)F)cc2Cl)ccc2c1cnn2C(CC(C)C)c1ccc(CNCCC(=O)O)cc1. The Labute approximate surface area is 230 Å². The molecule has 0 fully saturated rings. The largest absolute Gasteiger partial charge is 0.481 e. The van der Waals surface area contributed by atoms with E-state index in [4.69, 9.17) is 21.8 Å². The van der Waals surface area contributed by atoms with E-state index in [9.17, 15) is 18.0 Å². The number of aliphatic carboxylic acids is 1. The maximum absolute atomic E-state index is 13.1. The van der Waals surface area contributed by atoms with Gasteiger partial charge in [0.15, 0.2) is 0 Å². The molecule has 0 aliphatic rings. The predicted octanol–water partition coefficient (Wildman–Crippen LogP) is 7.88. The first-order valence-electron chi connectivity index (χ1n) is 12.8. The zero-order valence-electron chi connectivity index (χ0n) is 22.0. The van der Waals surface area contributed by atoms with Gasteiger partial charge in [-0.3, -0.25) is 9.48 Å². The maximum atomic E-state index is 13.1. The van der Waals surface area contributed by atoms with Crippen molar-refractivity contribution in [2.45, 2.75) is 52.4 Å². The Morgan fingerprint density at radius 2 is 1.77 bits per heavy atom. The number of hydrogen-bond acceptors (Lipinski definition) is 3. The van der Waals surface area contributed by atoms with Crippen molar-refractivity contribution in [1.82, 2.24) is 15.1 Å². The molecule has 2 N–H and O–H groups in total. The Morgan fingerprint density at radius 3 is 2.38 bits per heavy atom. The topological polar surface area (TPSA) is 67.2 Å². The normalized spacial score (nSPS) is 12.8. The van der Waals surface area contributed by atoms with Gasteiger partial charge in [0.2, 0.25) is 0 Å². The third-order valence-electron chi connectivity index (χ3n) is 6.84. The lowest BCUT2D eigenvalue weighted by molar-refractivity contribution is -0.138. The molecule has 0 bridgehead atoms. The number of alkyl halides is 3. The first-order valence-corrected chi connectivity index (χ1v) is 13.2. The summed E-state index contributed by atoms with van der Waals surface area (Å²) in [5, 5.41) is 17.7. The second-order valence-electron chi connectivity index (χ2n) is 10.2. The standard InChI is InChI=1S/C30H31ClF3N3O2/c1-18(2)14-28(21-6-4-20(5-7-21)16-35-13-12-29(38)39)37-27-11-10-23(19(3)25(27)17-36-37)24-9-8-22(15-26(24)31)30(32,33)34/h4-11,15,17-18,28,35H,12-14,16H2,1-3H3,(H,38,39). The molecule has 0 amide bonds. The fraction of sp³-hybridized carbons (Fsp3) is 0.333. The smallest absolute Gasteiger partial charge is 0.416 e. The van der Waals surface area contributed by atoms with Crippen LogP contribution in [-0.2, 0) is 17.5 Å². The second kappa shape index (κ2) is 11.8. The van der Waals surface area contributed by atoms with Crippen molar-refractivity contribution in [1.29, 1.82) is 0 Å². The number of rotatable bonds is 10. The van der Waals surface area contributed by atoms with E-state index in [0.717, 1.165) is 51.7 Å². The van der Waals surface area contributed by atoms with Gasteiger partial charge in [-0.15, -0.1) is 0 Å². The minimum Gasteiger partial charge on any atom is -0.481 e. The summed E-state index contributed by atoms with van der Waals surface area (Å²) in [7, 11) is 0. The van der Waals surface area contributed by atoms with Crippen LogP contribution in [0.25, 0.3) is 22.0 Å². The zero-order chi connectivity index (χ0) is 28.3. The molecule has 3 aromatic carbocycles. The molecule has 1 atom stereocenters. The summed E-state index contributed by atoms with van der Waals surface area (Å²) in [6.07, 6.45) is -1.71. The number of nitrogens with one attached hydrogen (secondary N) is 1. The van der Waals surface area contributed by atoms with Crippen molar-refractivity contribution >= 4 is 28.5 Å². The highest BCUT2D eigenvalue weighted by atomic mass is 35.5. The molecule has 0 aliphatic carbocycles. The summed E-state index contributed by atoms with van der Waals surface area (Å²) >= 11 is 6.30. The summed E-state index contributed by atoms with van der Waals surface area (Å²) in [6.45, 7) is 7.25. The van der Waals surface area contributed by atoms with Crippen LogP contribution in [-0.4, -0.2) is 27.4 Å². The fourth-order valence-electron chi connectivity index (χ4n) is 4.82. The van der Waals surface area contributed by atoms with Gasteiger partial charge in [-0.2, -0.15) is 18.3 Å². The van der Waals surface area contributed by atoms with Crippen LogP contribution < -0.4 is 5.32 Å². The quantitative estimate of drug-likeness (QED) is 0.195. The number of halogens is 4. The molecule has 5 nitrogen and oxygen atoms in total. The van der Waals surface area contributed by atoms with Gasteiger partial charge in [-0.1, -0.05) is 61.8 Å². The molecule has 1 unspecified atom stereocenters. The van der Waals surface area contributed by atoms with Crippen LogP contribution in [0.3, 0.4) is 0 Å². The molecule has 206 valence electrons. The fourth-order valence-corrected chi connectivity index (χ4v) is 5.10. The van der Waals surface area contributed by atoms with Gasteiger partial charge in [0.25, 0.3) is 0 Å². The van der Waals surface area contributed by atoms with Crippen LogP contribution >= 0.6 is 11.6 Å². The highest BCUT2D eigenvalue weighted by Gasteiger charge is 2.31. The average Bonchev–Trinajstić information content (AvgIpc) is 3.30. The maximum Gasteiger partial charge on any atom is 0.416 e. The first kappa shape index (κ1) is 28.6. The number of carboxylic acid groups (broad SMARTS) is 1. The molecule has 4 rings (SSSR count). The van der Waals surface area contributed by atoms with E-state index in [1.54, 1.807) is 6.20 Å². The van der Waals surface area contributed by atoms with E-state index in [1.165, 1.54) is 6.07 Å². The minimum atomic E-state index is -4.46. The summed E-state index contributed by atoms with van der Waals surface area (Å²) in [5.74, 6) is -0.427. The van der Waals surface area contributed by atoms with Crippen LogP contribution in [0.4, 0.5) is 13.2 Å². The van der Waals surface area contributed by atoms with Crippen LogP contribution in [0.1, 0.15) is 55.0 Å². The number of hydrogen-bond donors (Lipinski definition) is 2. The lowest BCUT2D eigenvalue weighted by Gasteiger charge is -2.22.